The van der Waals surface area contributed by atoms with Crippen molar-refractivity contribution < 1.29 is 9.32 Å². The van der Waals surface area contributed by atoms with Crippen LogP contribution in [0.2, 0.25) is 0 Å². The van der Waals surface area contributed by atoms with Crippen molar-refractivity contribution >= 4 is 22.4 Å². The van der Waals surface area contributed by atoms with E-state index in [-0.39, 0.29) is 11.8 Å². The smallest absolute Gasteiger partial charge is 0.233 e. The van der Waals surface area contributed by atoms with Gasteiger partial charge in [0.25, 0.3) is 0 Å². The Morgan fingerprint density at radius 2 is 1.88 bits per heavy atom. The van der Waals surface area contributed by atoms with Crippen LogP contribution in [-0.2, 0) is 16.6 Å². The minimum absolute atomic E-state index is 0.113. The van der Waals surface area contributed by atoms with Gasteiger partial charge in [-0.05, 0) is 42.5 Å². The van der Waals surface area contributed by atoms with E-state index in [0.717, 1.165) is 39.4 Å². The first-order valence-corrected chi connectivity index (χ1v) is 12.1. The van der Waals surface area contributed by atoms with Crippen LogP contribution in [0.3, 0.4) is 0 Å². The van der Waals surface area contributed by atoms with Gasteiger partial charge in [0, 0.05) is 17.4 Å². The molecule has 3 aliphatic rings. The van der Waals surface area contributed by atoms with Gasteiger partial charge in [0.15, 0.2) is 5.13 Å². The van der Waals surface area contributed by atoms with Crippen LogP contribution >= 0.6 is 11.3 Å². The summed E-state index contributed by atoms with van der Waals surface area (Å²) in [4.78, 5) is 18.4. The molecule has 1 unspecified atom stereocenters. The molecule has 2 bridgehead atoms. The first-order valence-electron chi connectivity index (χ1n) is 11.2. The molecule has 0 aliphatic heterocycles. The molecule has 3 aliphatic carbocycles. The molecule has 2 heterocycles. The van der Waals surface area contributed by atoms with Crippen molar-refractivity contribution in [2.75, 3.05) is 5.32 Å². The number of carbonyl (C=O) groups excluding carboxylic acids is 1. The fourth-order valence-electron chi connectivity index (χ4n) is 5.85. The number of thiazole rings is 1. The van der Waals surface area contributed by atoms with Gasteiger partial charge in [-0.2, -0.15) is 5.26 Å². The van der Waals surface area contributed by atoms with Gasteiger partial charge >= 0.3 is 0 Å². The number of hydrogen-bond donors (Lipinski definition) is 1. The van der Waals surface area contributed by atoms with Crippen LogP contribution in [0, 0.1) is 23.7 Å². The van der Waals surface area contributed by atoms with Crippen molar-refractivity contribution in [1.82, 2.24) is 10.1 Å². The van der Waals surface area contributed by atoms with E-state index in [0.29, 0.717) is 18.0 Å². The number of aryl methyl sites for hydroxylation is 1. The Morgan fingerprint density at radius 3 is 2.50 bits per heavy atom. The maximum Gasteiger partial charge on any atom is 0.233 e. The number of nitriles is 1. The number of nitrogens with one attached hydrogen (secondary N) is 1. The van der Waals surface area contributed by atoms with E-state index in [1.165, 1.54) is 11.3 Å². The van der Waals surface area contributed by atoms with E-state index in [2.05, 4.69) is 33.7 Å². The number of carbonyl (C=O) groups is 1. The van der Waals surface area contributed by atoms with E-state index >= 15 is 0 Å². The monoisotopic (exact) mass is 466 g/mol. The van der Waals surface area contributed by atoms with Crippen LogP contribution in [0.25, 0.3) is 0 Å². The first kappa shape index (κ1) is 20.8. The van der Waals surface area contributed by atoms with Gasteiger partial charge in [-0.15, -0.1) is 11.3 Å². The molecule has 6 nitrogen and oxygen atoms in total. The third-order valence-corrected chi connectivity index (χ3v) is 8.05. The number of anilines is 1. The molecule has 0 saturated carbocycles. The molecule has 1 atom stereocenters. The molecule has 7 heteroatoms. The Morgan fingerprint density at radius 1 is 1.21 bits per heavy atom. The molecule has 7 rings (SSSR count). The Labute approximate surface area is 201 Å². The molecular weight excluding hydrogens is 444 g/mol. The molecule has 4 aromatic rings. The lowest BCUT2D eigenvalue weighted by Crippen LogP contribution is -2.53. The maximum atomic E-state index is 13.8. The standard InChI is InChI=1S/C27H22N4O2S/c1-16-11-18(33-31-16)12-17-13-34-25(29-17)30-24(32)26(2)14-27(15-28)21-9-5-3-7-19(21)23(26)20-8-4-6-10-22(20)27/h3-11,13,23H,12,14H2,1-2H3,(H,29,30,32). The fraction of sp³-hybridized carbons (Fsp3) is 0.259. The predicted molar refractivity (Wildman–Crippen MR) is 129 cm³/mol. The molecule has 34 heavy (non-hydrogen) atoms. The summed E-state index contributed by atoms with van der Waals surface area (Å²) < 4.78 is 5.29. The second-order valence-electron chi connectivity index (χ2n) is 9.43. The summed E-state index contributed by atoms with van der Waals surface area (Å²) in [5, 5.41) is 20.0. The lowest BCUT2D eigenvalue weighted by atomic mass is 9.47. The number of hydrogen-bond acceptors (Lipinski definition) is 6. The molecule has 168 valence electrons. The first-order chi connectivity index (χ1) is 16.4. The Balaban J connectivity index is 1.36. The molecule has 2 aromatic carbocycles. The van der Waals surface area contributed by atoms with Gasteiger partial charge in [-0.3, -0.25) is 4.79 Å². The number of amides is 1. The Kier molecular flexibility index (Phi) is 4.51. The second-order valence-corrected chi connectivity index (χ2v) is 10.3. The topological polar surface area (TPSA) is 91.8 Å². The summed E-state index contributed by atoms with van der Waals surface area (Å²) >= 11 is 1.39. The zero-order valence-corrected chi connectivity index (χ0v) is 19.6. The summed E-state index contributed by atoms with van der Waals surface area (Å²) in [5.41, 5.74) is 4.15. The number of benzene rings is 2. The number of nitrogens with zero attached hydrogens (tertiary/aromatic N) is 3. The van der Waals surface area contributed by atoms with Crippen LogP contribution in [-0.4, -0.2) is 16.0 Å². The largest absolute Gasteiger partial charge is 0.361 e. The number of rotatable bonds is 4. The molecule has 0 fully saturated rings. The zero-order valence-electron chi connectivity index (χ0n) is 18.8. The minimum atomic E-state index is -0.855. The van der Waals surface area contributed by atoms with Crippen LogP contribution in [0.5, 0.6) is 0 Å². The van der Waals surface area contributed by atoms with Crippen molar-refractivity contribution in [2.45, 2.75) is 38.0 Å². The lowest BCUT2D eigenvalue weighted by molar-refractivity contribution is -0.127. The van der Waals surface area contributed by atoms with Crippen molar-refractivity contribution in [3.63, 3.8) is 0 Å². The van der Waals surface area contributed by atoms with Gasteiger partial charge in [0.1, 0.15) is 11.2 Å². The predicted octanol–water partition coefficient (Wildman–Crippen LogP) is 5.33. The molecule has 2 aromatic heterocycles. The van der Waals surface area contributed by atoms with Gasteiger partial charge in [0.2, 0.25) is 5.91 Å². The highest BCUT2D eigenvalue weighted by atomic mass is 32.1. The fourth-order valence-corrected chi connectivity index (χ4v) is 6.56. The van der Waals surface area contributed by atoms with Gasteiger partial charge < -0.3 is 9.84 Å². The SMILES string of the molecule is Cc1cc(Cc2csc(NC(=O)C3(C)CC4(C#N)c5ccccc5C3c3ccccc34)n2)on1. The van der Waals surface area contributed by atoms with E-state index in [1.807, 2.05) is 61.7 Å². The van der Waals surface area contributed by atoms with Crippen molar-refractivity contribution in [2.24, 2.45) is 5.41 Å². The molecule has 0 spiro atoms. The summed E-state index contributed by atoms with van der Waals surface area (Å²) in [6.07, 6.45) is 0.946. The van der Waals surface area contributed by atoms with E-state index < -0.39 is 10.8 Å². The van der Waals surface area contributed by atoms with E-state index in [9.17, 15) is 10.1 Å². The highest BCUT2D eigenvalue weighted by molar-refractivity contribution is 7.13. The minimum Gasteiger partial charge on any atom is -0.361 e. The van der Waals surface area contributed by atoms with Gasteiger partial charge in [-0.25, -0.2) is 4.98 Å². The van der Waals surface area contributed by atoms with Gasteiger partial charge in [0.05, 0.1) is 29.3 Å². The van der Waals surface area contributed by atoms with Crippen molar-refractivity contribution in [3.05, 3.63) is 99.4 Å². The molecule has 0 radical (unpaired) electrons. The van der Waals surface area contributed by atoms with E-state index in [4.69, 9.17) is 4.52 Å². The molecule has 0 saturated heterocycles. The third-order valence-electron chi connectivity index (χ3n) is 7.25. The normalized spacial score (nSPS) is 24.2. The summed E-state index contributed by atoms with van der Waals surface area (Å²) in [6, 6.07) is 20.6. The average molecular weight is 467 g/mol. The summed E-state index contributed by atoms with van der Waals surface area (Å²) in [7, 11) is 0. The maximum absolute atomic E-state index is 13.8. The highest BCUT2D eigenvalue weighted by Gasteiger charge is 2.61. The second kappa shape index (κ2) is 7.37. The van der Waals surface area contributed by atoms with Gasteiger partial charge in [-0.1, -0.05) is 53.7 Å². The summed E-state index contributed by atoms with van der Waals surface area (Å²) in [5.74, 6) is 0.491. The molecular formula is C27H22N4O2S. The zero-order chi connectivity index (χ0) is 23.5. The average Bonchev–Trinajstić information content (AvgIpc) is 3.47. The quantitative estimate of drug-likeness (QED) is 0.439. The number of fused-ring (bicyclic) bond motifs is 1. The molecule has 1 amide bonds. The molecule has 1 N–H and O–H groups in total. The summed E-state index contributed by atoms with van der Waals surface area (Å²) in [6.45, 7) is 3.86. The van der Waals surface area contributed by atoms with Crippen LogP contribution in [0.15, 0.2) is 64.5 Å². The van der Waals surface area contributed by atoms with Crippen molar-refractivity contribution in [3.8, 4) is 6.07 Å². The van der Waals surface area contributed by atoms with Crippen LogP contribution in [0.1, 0.15) is 58.7 Å². The Bertz CT molecular complexity index is 1430. The Hall–Kier alpha value is -3.76. The number of aromatic nitrogens is 2. The highest BCUT2D eigenvalue weighted by Crippen LogP contribution is 2.63. The van der Waals surface area contributed by atoms with E-state index in [1.54, 1.807) is 0 Å². The van der Waals surface area contributed by atoms with Crippen molar-refractivity contribution in [1.29, 1.82) is 5.26 Å². The van der Waals surface area contributed by atoms with Crippen LogP contribution < -0.4 is 5.32 Å². The third kappa shape index (κ3) is 2.88. The lowest BCUT2D eigenvalue weighted by Gasteiger charge is -2.54. The van der Waals surface area contributed by atoms with Crippen LogP contribution in [0.4, 0.5) is 5.13 Å².